The SMILES string of the molecule is C=CC=C(C)C1COCc2nnc(Nc3cc(-c4ccn[nH]c4=O)ccc3C)n21. The third-order valence-corrected chi connectivity index (χ3v) is 5.01. The number of nitrogens with zero attached hydrogens (tertiary/aromatic N) is 4. The van der Waals surface area contributed by atoms with E-state index in [2.05, 4.69) is 36.9 Å². The lowest BCUT2D eigenvalue weighted by Crippen LogP contribution is -2.25. The molecule has 0 radical (unpaired) electrons. The van der Waals surface area contributed by atoms with Gasteiger partial charge in [0, 0.05) is 11.9 Å². The minimum Gasteiger partial charge on any atom is -0.371 e. The second-order valence-electron chi connectivity index (χ2n) is 6.94. The molecular weight excluding hydrogens is 368 g/mol. The Labute approximate surface area is 168 Å². The van der Waals surface area contributed by atoms with Crippen LogP contribution in [0.3, 0.4) is 0 Å². The van der Waals surface area contributed by atoms with Crippen molar-refractivity contribution >= 4 is 11.6 Å². The van der Waals surface area contributed by atoms with E-state index in [0.717, 1.165) is 28.2 Å². The number of aromatic amines is 1. The fourth-order valence-corrected chi connectivity index (χ4v) is 3.42. The molecule has 0 saturated carbocycles. The summed E-state index contributed by atoms with van der Waals surface area (Å²) in [6, 6.07) is 7.50. The molecule has 0 spiro atoms. The third-order valence-electron chi connectivity index (χ3n) is 5.01. The van der Waals surface area contributed by atoms with Crippen molar-refractivity contribution in [2.45, 2.75) is 26.5 Å². The van der Waals surface area contributed by atoms with Gasteiger partial charge in [0.2, 0.25) is 5.95 Å². The molecule has 1 aliphatic heterocycles. The van der Waals surface area contributed by atoms with E-state index in [1.165, 1.54) is 0 Å². The summed E-state index contributed by atoms with van der Waals surface area (Å²) in [5.74, 6) is 1.40. The molecule has 1 aromatic carbocycles. The molecule has 4 rings (SSSR count). The Morgan fingerprint density at radius 2 is 2.24 bits per heavy atom. The van der Waals surface area contributed by atoms with Crippen LogP contribution in [0.1, 0.15) is 24.4 Å². The van der Waals surface area contributed by atoms with Crippen molar-refractivity contribution < 1.29 is 4.74 Å². The first kappa shape index (κ1) is 18.8. The molecule has 0 bridgehead atoms. The first-order chi connectivity index (χ1) is 14.1. The molecule has 3 heterocycles. The van der Waals surface area contributed by atoms with Gasteiger partial charge in [0.1, 0.15) is 6.61 Å². The molecule has 1 atom stereocenters. The highest BCUT2D eigenvalue weighted by molar-refractivity contribution is 5.71. The zero-order valence-electron chi connectivity index (χ0n) is 16.3. The molecule has 2 aromatic heterocycles. The molecule has 2 N–H and O–H groups in total. The van der Waals surface area contributed by atoms with E-state index in [9.17, 15) is 4.79 Å². The van der Waals surface area contributed by atoms with Gasteiger partial charge in [-0.1, -0.05) is 30.9 Å². The number of aromatic nitrogens is 5. The highest BCUT2D eigenvalue weighted by Gasteiger charge is 2.26. The van der Waals surface area contributed by atoms with Crippen LogP contribution in [0.5, 0.6) is 0 Å². The molecule has 8 heteroatoms. The molecule has 0 amide bonds. The van der Waals surface area contributed by atoms with Gasteiger partial charge in [0.15, 0.2) is 5.82 Å². The molecule has 0 saturated heterocycles. The van der Waals surface area contributed by atoms with Crippen molar-refractivity contribution in [1.29, 1.82) is 0 Å². The number of rotatable bonds is 5. The molecule has 3 aromatic rings. The summed E-state index contributed by atoms with van der Waals surface area (Å²) in [5, 5.41) is 18.2. The van der Waals surface area contributed by atoms with Crippen LogP contribution in [0.25, 0.3) is 11.1 Å². The number of fused-ring (bicyclic) bond motifs is 1. The number of hydrogen-bond acceptors (Lipinski definition) is 6. The van der Waals surface area contributed by atoms with Gasteiger partial charge in [-0.15, -0.1) is 10.2 Å². The number of ether oxygens (including phenoxy) is 1. The van der Waals surface area contributed by atoms with Crippen molar-refractivity contribution in [2.24, 2.45) is 0 Å². The van der Waals surface area contributed by atoms with E-state index < -0.39 is 0 Å². The van der Waals surface area contributed by atoms with E-state index in [-0.39, 0.29) is 11.6 Å². The van der Waals surface area contributed by atoms with Crippen LogP contribution in [-0.2, 0) is 11.3 Å². The van der Waals surface area contributed by atoms with Gasteiger partial charge in [-0.25, -0.2) is 5.10 Å². The van der Waals surface area contributed by atoms with Crippen LogP contribution in [0.4, 0.5) is 11.6 Å². The van der Waals surface area contributed by atoms with Crippen molar-refractivity contribution in [2.75, 3.05) is 11.9 Å². The molecule has 8 nitrogen and oxygen atoms in total. The van der Waals surface area contributed by atoms with Crippen molar-refractivity contribution in [1.82, 2.24) is 25.0 Å². The smallest absolute Gasteiger partial charge is 0.272 e. The van der Waals surface area contributed by atoms with E-state index in [0.29, 0.717) is 24.7 Å². The summed E-state index contributed by atoms with van der Waals surface area (Å²) in [6.45, 7) is 8.78. The monoisotopic (exact) mass is 390 g/mol. The second-order valence-corrected chi connectivity index (χ2v) is 6.94. The number of hydrogen-bond donors (Lipinski definition) is 2. The summed E-state index contributed by atoms with van der Waals surface area (Å²) in [6.07, 6.45) is 5.30. The molecule has 148 valence electrons. The number of aryl methyl sites for hydroxylation is 1. The zero-order valence-corrected chi connectivity index (χ0v) is 16.3. The summed E-state index contributed by atoms with van der Waals surface area (Å²) in [4.78, 5) is 12.1. The van der Waals surface area contributed by atoms with E-state index in [1.807, 2.05) is 38.1 Å². The molecule has 0 fully saturated rings. The van der Waals surface area contributed by atoms with Crippen LogP contribution >= 0.6 is 0 Å². The third kappa shape index (κ3) is 3.62. The first-order valence-electron chi connectivity index (χ1n) is 9.31. The molecular formula is C21H22N6O2. The number of allylic oxidation sites excluding steroid dienone is 2. The Morgan fingerprint density at radius 3 is 3.03 bits per heavy atom. The maximum Gasteiger partial charge on any atom is 0.272 e. The normalized spacial score (nSPS) is 16.3. The largest absolute Gasteiger partial charge is 0.371 e. The van der Waals surface area contributed by atoms with Crippen molar-refractivity contribution in [3.63, 3.8) is 0 Å². The van der Waals surface area contributed by atoms with E-state index in [1.54, 1.807) is 18.3 Å². The lowest BCUT2D eigenvalue weighted by molar-refractivity contribution is 0.0659. The first-order valence-corrected chi connectivity index (χ1v) is 9.31. The van der Waals surface area contributed by atoms with Gasteiger partial charge < -0.3 is 10.1 Å². The Bertz CT molecular complexity index is 1140. The fraction of sp³-hybridized carbons (Fsp3) is 0.238. The van der Waals surface area contributed by atoms with E-state index in [4.69, 9.17) is 4.74 Å². The molecule has 0 aliphatic carbocycles. The van der Waals surface area contributed by atoms with Gasteiger partial charge >= 0.3 is 0 Å². The van der Waals surface area contributed by atoms with Crippen LogP contribution in [0.2, 0.25) is 0 Å². The predicted octanol–water partition coefficient (Wildman–Crippen LogP) is 3.28. The van der Waals surface area contributed by atoms with Gasteiger partial charge in [-0.2, -0.15) is 5.10 Å². The Balaban J connectivity index is 1.73. The van der Waals surface area contributed by atoms with Crippen molar-refractivity contribution in [3.8, 4) is 11.1 Å². The van der Waals surface area contributed by atoms with Crippen LogP contribution in [0, 0.1) is 6.92 Å². The highest BCUT2D eigenvalue weighted by Crippen LogP contribution is 2.31. The predicted molar refractivity (Wildman–Crippen MR) is 111 cm³/mol. The quantitative estimate of drug-likeness (QED) is 0.649. The average molecular weight is 390 g/mol. The Kier molecular flexibility index (Phi) is 5.09. The van der Waals surface area contributed by atoms with E-state index >= 15 is 0 Å². The number of anilines is 2. The van der Waals surface area contributed by atoms with Crippen LogP contribution in [0.15, 0.2) is 59.6 Å². The zero-order chi connectivity index (χ0) is 20.4. The van der Waals surface area contributed by atoms with Gasteiger partial charge in [-0.05, 0) is 42.7 Å². The maximum absolute atomic E-state index is 12.1. The topological polar surface area (TPSA) is 97.7 Å². The summed E-state index contributed by atoms with van der Waals surface area (Å²) in [5.41, 5.74) is 4.11. The molecule has 1 aliphatic rings. The van der Waals surface area contributed by atoms with Gasteiger partial charge in [0.05, 0.1) is 18.2 Å². The summed E-state index contributed by atoms with van der Waals surface area (Å²) in [7, 11) is 0. The van der Waals surface area contributed by atoms with Crippen LogP contribution in [-0.4, -0.2) is 31.6 Å². The minimum absolute atomic E-state index is 0.0132. The molecule has 1 unspecified atom stereocenters. The Morgan fingerprint density at radius 1 is 1.38 bits per heavy atom. The summed E-state index contributed by atoms with van der Waals surface area (Å²) < 4.78 is 7.74. The average Bonchev–Trinajstić information content (AvgIpc) is 3.13. The highest BCUT2D eigenvalue weighted by atomic mass is 16.5. The lowest BCUT2D eigenvalue weighted by Gasteiger charge is -2.27. The molecule has 29 heavy (non-hydrogen) atoms. The van der Waals surface area contributed by atoms with Gasteiger partial charge in [0.25, 0.3) is 5.56 Å². The number of benzene rings is 1. The van der Waals surface area contributed by atoms with Gasteiger partial charge in [-0.3, -0.25) is 9.36 Å². The van der Waals surface area contributed by atoms with Crippen molar-refractivity contribution in [3.05, 3.63) is 76.5 Å². The lowest BCUT2D eigenvalue weighted by atomic mass is 10.0. The fourth-order valence-electron chi connectivity index (χ4n) is 3.42. The summed E-state index contributed by atoms with van der Waals surface area (Å²) >= 11 is 0. The standard InChI is InChI=1S/C21H22N6O2/c1-4-5-14(3)18-11-29-12-19-24-26-21(27(18)19)23-17-10-15(7-6-13(17)2)16-8-9-22-25-20(16)28/h4-10,18H,1,11-12H2,2-3H3,(H,23,26)(H,25,28). The maximum atomic E-state index is 12.1. The Hall–Kier alpha value is -3.52. The number of nitrogens with one attached hydrogen (secondary N) is 2. The number of H-pyrrole nitrogens is 1. The second kappa shape index (κ2) is 7.84. The minimum atomic E-state index is -0.232. The van der Waals surface area contributed by atoms with Crippen LogP contribution < -0.4 is 10.9 Å².